The summed E-state index contributed by atoms with van der Waals surface area (Å²) in [5.41, 5.74) is 2.33. The maximum Gasteiger partial charge on any atom is 0.139 e. The molecule has 0 unspecified atom stereocenters. The number of hydrogen-bond acceptors (Lipinski definition) is 5. The van der Waals surface area contributed by atoms with Crippen molar-refractivity contribution < 1.29 is 4.74 Å². The number of aromatic nitrogens is 2. The van der Waals surface area contributed by atoms with E-state index in [1.807, 2.05) is 19.1 Å². The summed E-state index contributed by atoms with van der Waals surface area (Å²) in [6.07, 6.45) is 2.29. The molecule has 2 heterocycles. The molecule has 5 heteroatoms. The lowest BCUT2D eigenvalue weighted by molar-refractivity contribution is 0.415. The molecule has 3 rings (SSSR count). The highest BCUT2D eigenvalue weighted by Gasteiger charge is 2.14. The van der Waals surface area contributed by atoms with Crippen molar-refractivity contribution in [2.75, 3.05) is 19.0 Å². The van der Waals surface area contributed by atoms with Gasteiger partial charge in [-0.2, -0.15) is 0 Å². The van der Waals surface area contributed by atoms with E-state index in [2.05, 4.69) is 39.7 Å². The van der Waals surface area contributed by atoms with Crippen molar-refractivity contribution >= 4 is 27.4 Å². The first-order valence-corrected chi connectivity index (χ1v) is 8.75. The van der Waals surface area contributed by atoms with Gasteiger partial charge in [-0.15, -0.1) is 11.3 Å². The fourth-order valence-electron chi connectivity index (χ4n) is 2.54. The molecule has 1 aromatic carbocycles. The monoisotopic (exact) mass is 327 g/mol. The first kappa shape index (κ1) is 15.7. The Morgan fingerprint density at radius 3 is 2.65 bits per heavy atom. The standard InChI is InChI=1S/C18H21N3OS/c1-4-5-10-19-17-16-15(11-23-18(16)21-12(2)20-17)13-6-8-14(22-3)9-7-13/h6-9,11H,4-5,10H2,1-3H3,(H,19,20,21). The van der Waals surface area contributed by atoms with Crippen molar-refractivity contribution in [2.24, 2.45) is 0 Å². The third-order valence-corrected chi connectivity index (χ3v) is 4.64. The summed E-state index contributed by atoms with van der Waals surface area (Å²) >= 11 is 1.66. The van der Waals surface area contributed by atoms with Gasteiger partial charge in [0.25, 0.3) is 0 Å². The van der Waals surface area contributed by atoms with E-state index in [4.69, 9.17) is 4.74 Å². The van der Waals surface area contributed by atoms with Crippen molar-refractivity contribution in [3.05, 3.63) is 35.5 Å². The number of unbranched alkanes of at least 4 members (excludes halogenated alkanes) is 1. The van der Waals surface area contributed by atoms with Gasteiger partial charge in [-0.25, -0.2) is 9.97 Å². The van der Waals surface area contributed by atoms with Crippen molar-refractivity contribution in [1.29, 1.82) is 0 Å². The molecule has 0 aliphatic heterocycles. The zero-order chi connectivity index (χ0) is 16.2. The summed E-state index contributed by atoms with van der Waals surface area (Å²) in [6.45, 7) is 5.06. The quantitative estimate of drug-likeness (QED) is 0.655. The first-order valence-electron chi connectivity index (χ1n) is 7.87. The molecule has 3 aromatic rings. The number of thiophene rings is 1. The van der Waals surface area contributed by atoms with Crippen LogP contribution in [0.1, 0.15) is 25.6 Å². The summed E-state index contributed by atoms with van der Waals surface area (Å²) in [6, 6.07) is 8.13. The van der Waals surface area contributed by atoms with Gasteiger partial charge < -0.3 is 10.1 Å². The maximum atomic E-state index is 5.24. The number of ether oxygens (including phenoxy) is 1. The number of nitrogens with zero attached hydrogens (tertiary/aromatic N) is 2. The number of anilines is 1. The van der Waals surface area contributed by atoms with Crippen LogP contribution in [0.15, 0.2) is 29.6 Å². The average Bonchev–Trinajstić information content (AvgIpc) is 2.99. The smallest absolute Gasteiger partial charge is 0.139 e. The van der Waals surface area contributed by atoms with Crippen LogP contribution in [0, 0.1) is 6.92 Å². The molecular formula is C18H21N3OS. The fourth-order valence-corrected chi connectivity index (χ4v) is 3.54. The topological polar surface area (TPSA) is 47.0 Å². The molecule has 0 spiro atoms. The Morgan fingerprint density at radius 2 is 1.96 bits per heavy atom. The van der Waals surface area contributed by atoms with Gasteiger partial charge in [0, 0.05) is 17.5 Å². The zero-order valence-electron chi connectivity index (χ0n) is 13.7. The maximum absolute atomic E-state index is 5.24. The predicted octanol–water partition coefficient (Wildman–Crippen LogP) is 4.89. The van der Waals surface area contributed by atoms with Gasteiger partial charge in [-0.05, 0) is 31.0 Å². The second-order valence-corrected chi connectivity index (χ2v) is 6.32. The predicted molar refractivity (Wildman–Crippen MR) is 97.5 cm³/mol. The van der Waals surface area contributed by atoms with Gasteiger partial charge >= 0.3 is 0 Å². The van der Waals surface area contributed by atoms with E-state index in [1.165, 1.54) is 5.56 Å². The molecule has 1 N–H and O–H groups in total. The number of nitrogens with one attached hydrogen (secondary N) is 1. The van der Waals surface area contributed by atoms with Crippen LogP contribution in [0.25, 0.3) is 21.3 Å². The van der Waals surface area contributed by atoms with E-state index in [0.717, 1.165) is 52.6 Å². The van der Waals surface area contributed by atoms with Gasteiger partial charge in [-0.3, -0.25) is 0 Å². The second-order valence-electron chi connectivity index (χ2n) is 5.46. The lowest BCUT2D eigenvalue weighted by Gasteiger charge is -2.09. The summed E-state index contributed by atoms with van der Waals surface area (Å²) < 4.78 is 5.24. The molecule has 4 nitrogen and oxygen atoms in total. The van der Waals surface area contributed by atoms with Crippen LogP contribution in [0.4, 0.5) is 5.82 Å². The molecule has 23 heavy (non-hydrogen) atoms. The molecule has 0 atom stereocenters. The largest absolute Gasteiger partial charge is 0.497 e. The van der Waals surface area contributed by atoms with Crippen LogP contribution < -0.4 is 10.1 Å². The molecule has 0 amide bonds. The Kier molecular flexibility index (Phi) is 4.76. The van der Waals surface area contributed by atoms with Crippen LogP contribution in [-0.4, -0.2) is 23.6 Å². The number of aryl methyl sites for hydroxylation is 1. The van der Waals surface area contributed by atoms with Gasteiger partial charge in [0.1, 0.15) is 22.2 Å². The van der Waals surface area contributed by atoms with Gasteiger partial charge in [0.15, 0.2) is 0 Å². The van der Waals surface area contributed by atoms with E-state index in [1.54, 1.807) is 18.4 Å². The molecule has 0 bridgehead atoms. The van der Waals surface area contributed by atoms with Crippen molar-refractivity contribution in [3.63, 3.8) is 0 Å². The van der Waals surface area contributed by atoms with E-state index < -0.39 is 0 Å². The number of rotatable bonds is 6. The van der Waals surface area contributed by atoms with E-state index in [-0.39, 0.29) is 0 Å². The minimum atomic E-state index is 0.805. The van der Waals surface area contributed by atoms with Gasteiger partial charge in [-0.1, -0.05) is 25.5 Å². The van der Waals surface area contributed by atoms with Crippen LogP contribution in [0.2, 0.25) is 0 Å². The minimum Gasteiger partial charge on any atom is -0.497 e. The SMILES string of the molecule is CCCCNc1nc(C)nc2scc(-c3ccc(OC)cc3)c12. The molecular weight excluding hydrogens is 306 g/mol. The summed E-state index contributed by atoms with van der Waals surface area (Å²) in [7, 11) is 1.68. The summed E-state index contributed by atoms with van der Waals surface area (Å²) in [5.74, 6) is 2.61. The Hall–Kier alpha value is -2.14. The fraction of sp³-hybridized carbons (Fsp3) is 0.333. The van der Waals surface area contributed by atoms with Crippen molar-refractivity contribution in [2.45, 2.75) is 26.7 Å². The molecule has 0 saturated carbocycles. The van der Waals surface area contributed by atoms with Gasteiger partial charge in [0.2, 0.25) is 0 Å². The Bertz CT molecular complexity index is 796. The van der Waals surface area contributed by atoms with E-state index in [9.17, 15) is 0 Å². The molecule has 0 radical (unpaired) electrons. The van der Waals surface area contributed by atoms with Gasteiger partial charge in [0.05, 0.1) is 12.5 Å². The van der Waals surface area contributed by atoms with E-state index in [0.29, 0.717) is 0 Å². The van der Waals surface area contributed by atoms with Crippen LogP contribution in [-0.2, 0) is 0 Å². The highest BCUT2D eigenvalue weighted by atomic mass is 32.1. The Morgan fingerprint density at radius 1 is 1.17 bits per heavy atom. The number of fused-ring (bicyclic) bond motifs is 1. The number of hydrogen-bond donors (Lipinski definition) is 1. The minimum absolute atomic E-state index is 0.805. The summed E-state index contributed by atoms with van der Waals surface area (Å²) in [5, 5.41) is 6.75. The third-order valence-electron chi connectivity index (χ3n) is 3.77. The number of methoxy groups -OCH3 is 1. The first-order chi connectivity index (χ1) is 11.2. The van der Waals surface area contributed by atoms with Crippen molar-refractivity contribution in [1.82, 2.24) is 9.97 Å². The molecule has 0 saturated heterocycles. The Labute approximate surface area is 140 Å². The lowest BCUT2D eigenvalue weighted by Crippen LogP contribution is -2.05. The van der Waals surface area contributed by atoms with Crippen molar-refractivity contribution in [3.8, 4) is 16.9 Å². The molecule has 0 aliphatic rings. The normalized spacial score (nSPS) is 10.9. The molecule has 0 aliphatic carbocycles. The average molecular weight is 327 g/mol. The molecule has 0 fully saturated rings. The summed E-state index contributed by atoms with van der Waals surface area (Å²) in [4.78, 5) is 10.2. The Balaban J connectivity index is 2.06. The second kappa shape index (κ2) is 6.96. The third kappa shape index (κ3) is 3.29. The molecule has 2 aromatic heterocycles. The van der Waals surface area contributed by atoms with Crippen LogP contribution >= 0.6 is 11.3 Å². The number of benzene rings is 1. The highest BCUT2D eigenvalue weighted by molar-refractivity contribution is 7.17. The lowest BCUT2D eigenvalue weighted by atomic mass is 10.1. The van der Waals surface area contributed by atoms with Crippen LogP contribution in [0.5, 0.6) is 5.75 Å². The highest BCUT2D eigenvalue weighted by Crippen LogP contribution is 2.37. The van der Waals surface area contributed by atoms with E-state index >= 15 is 0 Å². The molecule has 120 valence electrons. The van der Waals surface area contributed by atoms with Crippen LogP contribution in [0.3, 0.4) is 0 Å². The zero-order valence-corrected chi connectivity index (χ0v) is 14.5.